The van der Waals surface area contributed by atoms with Gasteiger partial charge in [-0.2, -0.15) is 0 Å². The average Bonchev–Trinajstić information content (AvgIpc) is 2.68. The van der Waals surface area contributed by atoms with Crippen LogP contribution in [0.25, 0.3) is 0 Å². The van der Waals surface area contributed by atoms with Crippen molar-refractivity contribution in [3.63, 3.8) is 0 Å². The Morgan fingerprint density at radius 3 is 2.25 bits per heavy atom. The van der Waals surface area contributed by atoms with E-state index in [1.54, 1.807) is 0 Å². The summed E-state index contributed by atoms with van der Waals surface area (Å²) in [6.07, 6.45) is 0. The molecule has 150 valence electrons. The van der Waals surface area contributed by atoms with Crippen LogP contribution in [-0.4, -0.2) is 53.0 Å². The second-order valence-corrected chi connectivity index (χ2v) is 7.93. The number of anilines is 2. The molecule has 6 heteroatoms. The minimum absolute atomic E-state index is 0.0391. The third kappa shape index (κ3) is 4.87. The number of hydrogen-bond acceptors (Lipinski definition) is 5. The Labute approximate surface area is 168 Å². The molecule has 0 saturated carbocycles. The molecule has 1 N–H and O–H groups in total. The zero-order chi connectivity index (χ0) is 20.3. The number of carbonyl (C=O) groups excluding carboxylic acids is 1. The standard InChI is InChI=1S/C22H31N5O/c1-15(2)21-23-17(4)14-20(25-21)27-12-10-26(11-13-27)18(5)22(28)24-19-8-6-16(3)7-9-19/h6-9,14-15,18H,10-13H2,1-5H3,(H,24,28). The molecule has 1 aromatic heterocycles. The van der Waals surface area contributed by atoms with Gasteiger partial charge in [-0.15, -0.1) is 0 Å². The second-order valence-electron chi connectivity index (χ2n) is 7.93. The van der Waals surface area contributed by atoms with Gasteiger partial charge in [0, 0.05) is 49.5 Å². The first-order chi connectivity index (χ1) is 13.3. The second kappa shape index (κ2) is 8.69. The predicted molar refractivity (Wildman–Crippen MR) is 114 cm³/mol. The van der Waals surface area contributed by atoms with Gasteiger partial charge in [0.2, 0.25) is 5.91 Å². The van der Waals surface area contributed by atoms with Gasteiger partial charge in [0.25, 0.3) is 0 Å². The van der Waals surface area contributed by atoms with E-state index in [1.807, 2.05) is 45.0 Å². The minimum atomic E-state index is -0.165. The lowest BCUT2D eigenvalue weighted by Gasteiger charge is -2.38. The summed E-state index contributed by atoms with van der Waals surface area (Å²) in [7, 11) is 0. The van der Waals surface area contributed by atoms with Crippen molar-refractivity contribution < 1.29 is 4.79 Å². The quantitative estimate of drug-likeness (QED) is 0.860. The summed E-state index contributed by atoms with van der Waals surface area (Å²) >= 11 is 0. The van der Waals surface area contributed by atoms with Crippen LogP contribution >= 0.6 is 0 Å². The third-order valence-corrected chi connectivity index (χ3v) is 5.26. The number of benzene rings is 1. The number of amides is 1. The van der Waals surface area contributed by atoms with Crippen molar-refractivity contribution in [1.29, 1.82) is 0 Å². The summed E-state index contributed by atoms with van der Waals surface area (Å²) in [5.74, 6) is 2.23. The Morgan fingerprint density at radius 1 is 1.00 bits per heavy atom. The molecule has 0 spiro atoms. The van der Waals surface area contributed by atoms with Crippen molar-refractivity contribution in [1.82, 2.24) is 14.9 Å². The topological polar surface area (TPSA) is 61.4 Å². The normalized spacial score (nSPS) is 16.3. The van der Waals surface area contributed by atoms with Gasteiger partial charge >= 0.3 is 0 Å². The number of hydrogen-bond donors (Lipinski definition) is 1. The van der Waals surface area contributed by atoms with Crippen LogP contribution in [0.5, 0.6) is 0 Å². The predicted octanol–water partition coefficient (Wildman–Crippen LogP) is 3.37. The number of piperazine rings is 1. The first kappa shape index (κ1) is 20.3. The molecule has 28 heavy (non-hydrogen) atoms. The number of nitrogens with zero attached hydrogens (tertiary/aromatic N) is 4. The van der Waals surface area contributed by atoms with Crippen LogP contribution in [0.1, 0.15) is 43.8 Å². The fourth-order valence-electron chi connectivity index (χ4n) is 3.38. The molecule has 0 bridgehead atoms. The van der Waals surface area contributed by atoms with Crippen molar-refractivity contribution in [2.75, 3.05) is 36.4 Å². The molecular weight excluding hydrogens is 350 g/mol. The van der Waals surface area contributed by atoms with Crippen LogP contribution in [0.4, 0.5) is 11.5 Å². The van der Waals surface area contributed by atoms with E-state index in [-0.39, 0.29) is 11.9 Å². The van der Waals surface area contributed by atoms with Crippen LogP contribution in [0.2, 0.25) is 0 Å². The van der Waals surface area contributed by atoms with E-state index in [9.17, 15) is 4.79 Å². The SMILES string of the molecule is Cc1ccc(NC(=O)C(C)N2CCN(c3cc(C)nc(C(C)C)n3)CC2)cc1. The Kier molecular flexibility index (Phi) is 6.29. The van der Waals surface area contributed by atoms with E-state index in [2.05, 4.69) is 40.0 Å². The van der Waals surface area contributed by atoms with Gasteiger partial charge in [-0.05, 0) is 32.9 Å². The molecule has 1 fully saturated rings. The van der Waals surface area contributed by atoms with Crippen molar-refractivity contribution in [2.45, 2.75) is 46.6 Å². The van der Waals surface area contributed by atoms with Crippen molar-refractivity contribution in [3.05, 3.63) is 47.4 Å². The first-order valence-corrected chi connectivity index (χ1v) is 10.1. The maximum atomic E-state index is 12.6. The number of carbonyl (C=O) groups is 1. The van der Waals surface area contributed by atoms with Gasteiger partial charge in [-0.3, -0.25) is 9.69 Å². The van der Waals surface area contributed by atoms with Gasteiger partial charge < -0.3 is 10.2 Å². The van der Waals surface area contributed by atoms with Gasteiger partial charge in [-0.1, -0.05) is 31.5 Å². The summed E-state index contributed by atoms with van der Waals surface area (Å²) in [4.78, 5) is 26.4. The van der Waals surface area contributed by atoms with Gasteiger partial charge in [-0.25, -0.2) is 9.97 Å². The molecule has 1 atom stereocenters. The summed E-state index contributed by atoms with van der Waals surface area (Å²) < 4.78 is 0. The third-order valence-electron chi connectivity index (χ3n) is 5.26. The smallest absolute Gasteiger partial charge is 0.241 e. The molecule has 1 aromatic carbocycles. The van der Waals surface area contributed by atoms with E-state index in [0.717, 1.165) is 49.2 Å². The van der Waals surface area contributed by atoms with E-state index in [1.165, 1.54) is 5.56 Å². The Morgan fingerprint density at radius 2 is 1.64 bits per heavy atom. The Hall–Kier alpha value is -2.47. The fourth-order valence-corrected chi connectivity index (χ4v) is 3.38. The van der Waals surface area contributed by atoms with E-state index < -0.39 is 0 Å². The van der Waals surface area contributed by atoms with Crippen LogP contribution < -0.4 is 10.2 Å². The van der Waals surface area contributed by atoms with E-state index in [0.29, 0.717) is 5.92 Å². The summed E-state index contributed by atoms with van der Waals surface area (Å²) in [6, 6.07) is 9.79. The first-order valence-electron chi connectivity index (χ1n) is 10.1. The van der Waals surface area contributed by atoms with Crippen molar-refractivity contribution >= 4 is 17.4 Å². The molecule has 1 amide bonds. The fraction of sp³-hybridized carbons (Fsp3) is 0.500. The highest BCUT2D eigenvalue weighted by atomic mass is 16.2. The molecule has 1 unspecified atom stereocenters. The van der Waals surface area contributed by atoms with Crippen LogP contribution in [-0.2, 0) is 4.79 Å². The van der Waals surface area contributed by atoms with Crippen molar-refractivity contribution in [2.24, 2.45) is 0 Å². The molecule has 1 saturated heterocycles. The molecule has 3 rings (SSSR count). The lowest BCUT2D eigenvalue weighted by molar-refractivity contribution is -0.120. The average molecular weight is 382 g/mol. The lowest BCUT2D eigenvalue weighted by atomic mass is 10.2. The molecule has 2 heterocycles. The van der Waals surface area contributed by atoms with Crippen LogP contribution in [0.15, 0.2) is 30.3 Å². The minimum Gasteiger partial charge on any atom is -0.354 e. The summed E-state index contributed by atoms with van der Waals surface area (Å²) in [6.45, 7) is 13.7. The highest BCUT2D eigenvalue weighted by Gasteiger charge is 2.26. The zero-order valence-electron chi connectivity index (χ0n) is 17.6. The number of nitrogens with one attached hydrogen (secondary N) is 1. The lowest BCUT2D eigenvalue weighted by Crippen LogP contribution is -2.53. The largest absolute Gasteiger partial charge is 0.354 e. The number of rotatable bonds is 5. The molecule has 2 aromatic rings. The van der Waals surface area contributed by atoms with Gasteiger partial charge in [0.15, 0.2) is 0 Å². The van der Waals surface area contributed by atoms with Crippen molar-refractivity contribution in [3.8, 4) is 0 Å². The highest BCUT2D eigenvalue weighted by Crippen LogP contribution is 2.19. The van der Waals surface area contributed by atoms with E-state index in [4.69, 9.17) is 4.98 Å². The molecule has 0 aliphatic carbocycles. The zero-order valence-corrected chi connectivity index (χ0v) is 17.6. The monoisotopic (exact) mass is 381 g/mol. The highest BCUT2D eigenvalue weighted by molar-refractivity contribution is 5.94. The van der Waals surface area contributed by atoms with Crippen LogP contribution in [0.3, 0.4) is 0 Å². The maximum absolute atomic E-state index is 12.6. The molecular formula is C22H31N5O. The molecule has 0 radical (unpaired) electrons. The Balaban J connectivity index is 1.58. The molecule has 1 aliphatic rings. The van der Waals surface area contributed by atoms with E-state index >= 15 is 0 Å². The number of aryl methyl sites for hydroxylation is 2. The molecule has 6 nitrogen and oxygen atoms in total. The Bertz CT molecular complexity index is 810. The maximum Gasteiger partial charge on any atom is 0.241 e. The molecule has 1 aliphatic heterocycles. The number of aromatic nitrogens is 2. The summed E-state index contributed by atoms with van der Waals surface area (Å²) in [5.41, 5.74) is 3.03. The van der Waals surface area contributed by atoms with Crippen LogP contribution in [0, 0.1) is 13.8 Å². The van der Waals surface area contributed by atoms with Gasteiger partial charge in [0.05, 0.1) is 6.04 Å². The summed E-state index contributed by atoms with van der Waals surface area (Å²) in [5, 5.41) is 3.02. The van der Waals surface area contributed by atoms with Gasteiger partial charge in [0.1, 0.15) is 11.6 Å².